The number of hydrogen-bond donors (Lipinski definition) is 2. The van der Waals surface area contributed by atoms with Gasteiger partial charge in [-0.2, -0.15) is 0 Å². The Bertz CT molecular complexity index is 1040. The molecule has 1 aliphatic heterocycles. The van der Waals surface area contributed by atoms with E-state index in [0.717, 1.165) is 22.4 Å². The monoisotopic (exact) mass is 344 g/mol. The SMILES string of the molecule is Cc1cc2c(c(-c3ccccc3C(=O)NO)c1)C=Nc1ccccc1O2. The highest BCUT2D eigenvalue weighted by atomic mass is 16.5. The molecular weight excluding hydrogens is 328 g/mol. The summed E-state index contributed by atoms with van der Waals surface area (Å²) in [6.07, 6.45) is 1.75. The molecule has 0 aromatic heterocycles. The molecule has 0 aliphatic carbocycles. The molecule has 0 atom stereocenters. The standard InChI is InChI=1S/C21H16N2O3/c1-13-10-16(14-6-2-3-7-15(14)21(24)23-25)17-12-22-18-8-4-5-9-19(18)26-20(17)11-13/h2-12,25H,1H3,(H,23,24). The number of ether oxygens (including phenoxy) is 1. The first-order chi connectivity index (χ1) is 12.7. The average molecular weight is 344 g/mol. The van der Waals surface area contributed by atoms with Crippen molar-refractivity contribution in [1.82, 2.24) is 5.48 Å². The Morgan fingerprint density at radius 3 is 2.62 bits per heavy atom. The average Bonchev–Trinajstić information content (AvgIpc) is 2.85. The second-order valence-electron chi connectivity index (χ2n) is 6.04. The van der Waals surface area contributed by atoms with Gasteiger partial charge in [0.05, 0.1) is 0 Å². The molecule has 0 saturated carbocycles. The first kappa shape index (κ1) is 16.1. The molecule has 4 rings (SSSR count). The number of hydroxylamine groups is 1. The lowest BCUT2D eigenvalue weighted by atomic mass is 9.93. The van der Waals surface area contributed by atoms with E-state index >= 15 is 0 Å². The molecule has 0 fully saturated rings. The van der Waals surface area contributed by atoms with Gasteiger partial charge in [-0.05, 0) is 47.9 Å². The van der Waals surface area contributed by atoms with Crippen LogP contribution < -0.4 is 10.2 Å². The molecule has 0 radical (unpaired) electrons. The zero-order chi connectivity index (χ0) is 18.1. The van der Waals surface area contributed by atoms with Gasteiger partial charge in [0.1, 0.15) is 11.4 Å². The third kappa shape index (κ3) is 2.74. The second-order valence-corrected chi connectivity index (χ2v) is 6.04. The predicted molar refractivity (Wildman–Crippen MR) is 99.6 cm³/mol. The largest absolute Gasteiger partial charge is 0.454 e. The van der Waals surface area contributed by atoms with Crippen molar-refractivity contribution in [3.8, 4) is 22.6 Å². The molecule has 0 spiro atoms. The van der Waals surface area contributed by atoms with Gasteiger partial charge < -0.3 is 4.74 Å². The van der Waals surface area contributed by atoms with Gasteiger partial charge in [0.25, 0.3) is 5.91 Å². The summed E-state index contributed by atoms with van der Waals surface area (Å²) in [6, 6.07) is 18.6. The van der Waals surface area contributed by atoms with E-state index in [1.807, 2.05) is 55.5 Å². The summed E-state index contributed by atoms with van der Waals surface area (Å²) in [6.45, 7) is 1.97. The van der Waals surface area contributed by atoms with Crippen molar-refractivity contribution in [3.05, 3.63) is 77.4 Å². The van der Waals surface area contributed by atoms with Crippen molar-refractivity contribution < 1.29 is 14.7 Å². The maximum absolute atomic E-state index is 12.1. The lowest BCUT2D eigenvalue weighted by Gasteiger charge is -2.15. The van der Waals surface area contributed by atoms with Gasteiger partial charge in [0.15, 0.2) is 5.75 Å². The number of amides is 1. The minimum atomic E-state index is -0.564. The van der Waals surface area contributed by atoms with Gasteiger partial charge in [-0.25, -0.2) is 5.48 Å². The van der Waals surface area contributed by atoms with Crippen LogP contribution in [0.4, 0.5) is 5.69 Å². The Balaban J connectivity index is 1.95. The van der Waals surface area contributed by atoms with Gasteiger partial charge in [-0.1, -0.05) is 36.4 Å². The van der Waals surface area contributed by atoms with Crippen LogP contribution in [0.25, 0.3) is 11.1 Å². The van der Waals surface area contributed by atoms with Crippen LogP contribution in [0.1, 0.15) is 21.5 Å². The molecule has 26 heavy (non-hydrogen) atoms. The van der Waals surface area contributed by atoms with Crippen molar-refractivity contribution in [2.24, 2.45) is 4.99 Å². The van der Waals surface area contributed by atoms with Crippen LogP contribution in [-0.4, -0.2) is 17.3 Å². The van der Waals surface area contributed by atoms with Crippen LogP contribution in [0.5, 0.6) is 11.5 Å². The highest BCUT2D eigenvalue weighted by Crippen LogP contribution is 2.40. The smallest absolute Gasteiger partial charge is 0.275 e. The summed E-state index contributed by atoms with van der Waals surface area (Å²) in [5.74, 6) is 0.791. The summed E-state index contributed by atoms with van der Waals surface area (Å²) in [5.41, 5.74) is 6.11. The quantitative estimate of drug-likeness (QED) is 0.411. The normalized spacial score (nSPS) is 11.8. The summed E-state index contributed by atoms with van der Waals surface area (Å²) in [7, 11) is 0. The van der Waals surface area contributed by atoms with E-state index in [9.17, 15) is 4.79 Å². The van der Waals surface area contributed by atoms with Crippen molar-refractivity contribution in [2.45, 2.75) is 6.92 Å². The Hall–Kier alpha value is -3.44. The van der Waals surface area contributed by atoms with Crippen LogP contribution in [0, 0.1) is 6.92 Å². The number of para-hydroxylation sites is 2. The molecule has 2 N–H and O–H groups in total. The zero-order valence-corrected chi connectivity index (χ0v) is 14.1. The van der Waals surface area contributed by atoms with Crippen molar-refractivity contribution in [2.75, 3.05) is 0 Å². The maximum Gasteiger partial charge on any atom is 0.275 e. The Labute approximate surface area is 150 Å². The fraction of sp³-hybridized carbons (Fsp3) is 0.0476. The number of carbonyl (C=O) groups excluding carboxylic acids is 1. The number of carbonyl (C=O) groups is 1. The number of nitrogens with one attached hydrogen (secondary N) is 1. The number of aryl methyl sites for hydroxylation is 1. The van der Waals surface area contributed by atoms with Gasteiger partial charge in [0, 0.05) is 17.3 Å². The van der Waals surface area contributed by atoms with Crippen molar-refractivity contribution in [3.63, 3.8) is 0 Å². The number of benzene rings is 3. The molecule has 5 nitrogen and oxygen atoms in total. The molecule has 3 aromatic rings. The van der Waals surface area contributed by atoms with Crippen molar-refractivity contribution in [1.29, 1.82) is 0 Å². The lowest BCUT2D eigenvalue weighted by molar-refractivity contribution is 0.0707. The van der Waals surface area contributed by atoms with Gasteiger partial charge in [-0.3, -0.25) is 15.0 Å². The van der Waals surface area contributed by atoms with E-state index in [2.05, 4.69) is 4.99 Å². The Morgan fingerprint density at radius 2 is 1.77 bits per heavy atom. The van der Waals surface area contributed by atoms with E-state index in [1.165, 1.54) is 0 Å². The highest BCUT2D eigenvalue weighted by molar-refractivity contribution is 6.04. The Morgan fingerprint density at radius 1 is 1.00 bits per heavy atom. The van der Waals surface area contributed by atoms with Gasteiger partial charge in [0.2, 0.25) is 0 Å². The third-order valence-corrected chi connectivity index (χ3v) is 4.27. The molecule has 0 bridgehead atoms. The fourth-order valence-corrected chi connectivity index (χ4v) is 3.08. The van der Waals surface area contributed by atoms with E-state index in [0.29, 0.717) is 22.6 Å². The maximum atomic E-state index is 12.1. The van der Waals surface area contributed by atoms with Crippen LogP contribution in [0.15, 0.2) is 65.7 Å². The molecule has 1 amide bonds. The zero-order valence-electron chi connectivity index (χ0n) is 14.1. The Kier molecular flexibility index (Phi) is 3.99. The first-order valence-corrected chi connectivity index (χ1v) is 8.17. The molecule has 3 aromatic carbocycles. The van der Waals surface area contributed by atoms with E-state index in [-0.39, 0.29) is 0 Å². The lowest BCUT2D eigenvalue weighted by Crippen LogP contribution is -2.19. The van der Waals surface area contributed by atoms with Crippen LogP contribution in [0.2, 0.25) is 0 Å². The number of nitrogens with zero attached hydrogens (tertiary/aromatic N) is 1. The first-order valence-electron chi connectivity index (χ1n) is 8.17. The number of fused-ring (bicyclic) bond motifs is 2. The molecule has 1 aliphatic rings. The third-order valence-electron chi connectivity index (χ3n) is 4.27. The molecule has 1 heterocycles. The molecule has 128 valence electrons. The van der Waals surface area contributed by atoms with Crippen LogP contribution >= 0.6 is 0 Å². The molecule has 5 heteroatoms. The summed E-state index contributed by atoms with van der Waals surface area (Å²) in [5, 5.41) is 9.07. The molecular formula is C21H16N2O3. The minimum Gasteiger partial charge on any atom is -0.454 e. The highest BCUT2D eigenvalue weighted by Gasteiger charge is 2.19. The topological polar surface area (TPSA) is 70.9 Å². The summed E-state index contributed by atoms with van der Waals surface area (Å²) >= 11 is 0. The van der Waals surface area contributed by atoms with Gasteiger partial charge >= 0.3 is 0 Å². The second kappa shape index (κ2) is 6.46. The van der Waals surface area contributed by atoms with Gasteiger partial charge in [-0.15, -0.1) is 0 Å². The number of hydrogen-bond acceptors (Lipinski definition) is 4. The van der Waals surface area contributed by atoms with E-state index < -0.39 is 5.91 Å². The van der Waals surface area contributed by atoms with Crippen molar-refractivity contribution >= 4 is 17.8 Å². The number of rotatable bonds is 2. The predicted octanol–water partition coefficient (Wildman–Crippen LogP) is 4.64. The molecule has 0 unspecified atom stereocenters. The minimum absolute atomic E-state index is 0.373. The molecule has 0 saturated heterocycles. The van der Waals surface area contributed by atoms with Crippen LogP contribution in [0.3, 0.4) is 0 Å². The summed E-state index contributed by atoms with van der Waals surface area (Å²) in [4.78, 5) is 16.6. The van der Waals surface area contributed by atoms with Crippen LogP contribution in [-0.2, 0) is 0 Å². The van der Waals surface area contributed by atoms with E-state index in [4.69, 9.17) is 9.94 Å². The summed E-state index contributed by atoms with van der Waals surface area (Å²) < 4.78 is 6.10. The fourth-order valence-electron chi connectivity index (χ4n) is 3.08. The van der Waals surface area contributed by atoms with E-state index in [1.54, 1.807) is 23.8 Å². The number of aliphatic imine (C=N–C) groups is 1.